The summed E-state index contributed by atoms with van der Waals surface area (Å²) >= 11 is 7.55. The molecule has 3 rings (SSSR count). The fourth-order valence-electron chi connectivity index (χ4n) is 2.17. The minimum absolute atomic E-state index is 0.0508. The highest BCUT2D eigenvalue weighted by Crippen LogP contribution is 2.41. The first-order valence-electron chi connectivity index (χ1n) is 6.00. The molecule has 1 aliphatic rings. The Morgan fingerprint density at radius 1 is 1.05 bits per heavy atom. The first kappa shape index (κ1) is 12.6. The molecule has 0 bridgehead atoms. The molecular weight excluding hydrogens is 278 g/mol. The average Bonchev–Trinajstić information content (AvgIpc) is 2.83. The van der Waals surface area contributed by atoms with E-state index in [1.54, 1.807) is 11.8 Å². The summed E-state index contributed by atoms with van der Waals surface area (Å²) in [5, 5.41) is 0.731. The Bertz CT molecular complexity index is 585. The van der Waals surface area contributed by atoms with E-state index >= 15 is 0 Å². The van der Waals surface area contributed by atoms with Gasteiger partial charge in [-0.25, -0.2) is 0 Å². The van der Waals surface area contributed by atoms with Crippen LogP contribution >= 0.6 is 23.4 Å². The third-order valence-corrected chi connectivity index (χ3v) is 4.52. The number of rotatable bonds is 2. The topological polar surface area (TPSA) is 20.3 Å². The highest BCUT2D eigenvalue weighted by molar-refractivity contribution is 8.00. The van der Waals surface area contributed by atoms with Gasteiger partial charge in [0.05, 0.1) is 5.75 Å². The molecule has 0 saturated carbocycles. The lowest BCUT2D eigenvalue weighted by atomic mass is 10.2. The minimum Gasteiger partial charge on any atom is -0.295 e. The molecule has 96 valence electrons. The molecule has 1 heterocycles. The quantitative estimate of drug-likeness (QED) is 0.829. The summed E-state index contributed by atoms with van der Waals surface area (Å²) < 4.78 is 0. The molecule has 2 aromatic carbocycles. The zero-order valence-electron chi connectivity index (χ0n) is 10.1. The van der Waals surface area contributed by atoms with Crippen LogP contribution in [0.5, 0.6) is 0 Å². The molecule has 0 spiro atoms. The van der Waals surface area contributed by atoms with E-state index in [9.17, 15) is 4.79 Å². The fourth-order valence-corrected chi connectivity index (χ4v) is 3.47. The van der Waals surface area contributed by atoms with E-state index in [1.807, 2.05) is 47.4 Å². The zero-order valence-corrected chi connectivity index (χ0v) is 11.7. The molecule has 1 amide bonds. The van der Waals surface area contributed by atoms with Crippen LogP contribution in [0.3, 0.4) is 0 Å². The number of carbonyl (C=O) groups excluding carboxylic acids is 1. The van der Waals surface area contributed by atoms with Crippen molar-refractivity contribution < 1.29 is 4.79 Å². The Morgan fingerprint density at radius 2 is 1.74 bits per heavy atom. The molecule has 4 heteroatoms. The molecule has 0 N–H and O–H groups in total. The Hall–Kier alpha value is -1.45. The second kappa shape index (κ2) is 5.27. The van der Waals surface area contributed by atoms with E-state index in [0.29, 0.717) is 10.8 Å². The fraction of sp³-hybridized carbons (Fsp3) is 0.133. The molecular formula is C15H12ClNOS. The van der Waals surface area contributed by atoms with Crippen molar-refractivity contribution in [1.82, 2.24) is 0 Å². The van der Waals surface area contributed by atoms with E-state index in [-0.39, 0.29) is 11.3 Å². The number of thioether (sulfide) groups is 1. The third-order valence-electron chi connectivity index (χ3n) is 3.06. The van der Waals surface area contributed by atoms with Gasteiger partial charge in [0.2, 0.25) is 5.91 Å². The standard InChI is InChI=1S/C15H12ClNOS/c16-12-6-8-13(9-7-12)17-14(18)10-19-15(17)11-4-2-1-3-5-11/h1-9,15H,10H2/t15-/m0/s1. The molecule has 1 atom stereocenters. The molecule has 1 aliphatic heterocycles. The van der Waals surface area contributed by atoms with E-state index in [0.717, 1.165) is 11.3 Å². The van der Waals surface area contributed by atoms with Crippen LogP contribution in [0.15, 0.2) is 54.6 Å². The summed E-state index contributed by atoms with van der Waals surface area (Å²) in [6, 6.07) is 17.5. The highest BCUT2D eigenvalue weighted by atomic mass is 35.5. The SMILES string of the molecule is O=C1CS[C@@H](c2ccccc2)N1c1ccc(Cl)cc1. The van der Waals surface area contributed by atoms with Gasteiger partial charge in [-0.3, -0.25) is 9.69 Å². The summed E-state index contributed by atoms with van der Waals surface area (Å²) in [5.74, 6) is 0.656. The lowest BCUT2D eigenvalue weighted by Gasteiger charge is -2.24. The van der Waals surface area contributed by atoms with Crippen LogP contribution in [0, 0.1) is 0 Å². The van der Waals surface area contributed by atoms with Crippen LogP contribution in [-0.2, 0) is 4.79 Å². The van der Waals surface area contributed by atoms with Crippen molar-refractivity contribution in [1.29, 1.82) is 0 Å². The lowest BCUT2D eigenvalue weighted by molar-refractivity contribution is -0.115. The first-order chi connectivity index (χ1) is 9.25. The van der Waals surface area contributed by atoms with Crippen LogP contribution < -0.4 is 4.90 Å². The van der Waals surface area contributed by atoms with Crippen LogP contribution in [0.2, 0.25) is 5.02 Å². The van der Waals surface area contributed by atoms with E-state index in [1.165, 1.54) is 0 Å². The van der Waals surface area contributed by atoms with E-state index in [2.05, 4.69) is 12.1 Å². The van der Waals surface area contributed by atoms with Gasteiger partial charge in [-0.05, 0) is 29.8 Å². The van der Waals surface area contributed by atoms with Gasteiger partial charge in [-0.15, -0.1) is 11.8 Å². The number of carbonyl (C=O) groups is 1. The van der Waals surface area contributed by atoms with Gasteiger partial charge >= 0.3 is 0 Å². The third kappa shape index (κ3) is 2.48. The number of hydrogen-bond donors (Lipinski definition) is 0. The summed E-state index contributed by atoms with van der Waals surface area (Å²) in [4.78, 5) is 14.0. The van der Waals surface area contributed by atoms with Gasteiger partial charge in [-0.1, -0.05) is 41.9 Å². The number of nitrogens with zero attached hydrogens (tertiary/aromatic N) is 1. The Morgan fingerprint density at radius 3 is 2.42 bits per heavy atom. The van der Waals surface area contributed by atoms with Gasteiger partial charge in [0.1, 0.15) is 5.37 Å². The molecule has 19 heavy (non-hydrogen) atoms. The number of amides is 1. The number of benzene rings is 2. The van der Waals surface area contributed by atoms with Gasteiger partial charge in [-0.2, -0.15) is 0 Å². The summed E-state index contributed by atoms with van der Waals surface area (Å²) in [7, 11) is 0. The molecule has 0 radical (unpaired) electrons. The summed E-state index contributed by atoms with van der Waals surface area (Å²) in [6.45, 7) is 0. The van der Waals surface area contributed by atoms with Gasteiger partial charge in [0, 0.05) is 10.7 Å². The molecule has 1 saturated heterocycles. The van der Waals surface area contributed by atoms with Crippen LogP contribution in [0.1, 0.15) is 10.9 Å². The Kier molecular flexibility index (Phi) is 3.49. The second-order valence-corrected chi connectivity index (χ2v) is 5.82. The molecule has 0 aromatic heterocycles. The van der Waals surface area contributed by atoms with Gasteiger partial charge < -0.3 is 0 Å². The Labute approximate surface area is 121 Å². The normalized spacial score (nSPS) is 18.9. The van der Waals surface area contributed by atoms with Crippen LogP contribution in [-0.4, -0.2) is 11.7 Å². The predicted octanol–water partition coefficient (Wildman–Crippen LogP) is 4.12. The monoisotopic (exact) mass is 289 g/mol. The number of halogens is 1. The van der Waals surface area contributed by atoms with Gasteiger partial charge in [0.15, 0.2) is 0 Å². The summed E-state index contributed by atoms with van der Waals surface area (Å²) in [5.41, 5.74) is 2.04. The maximum absolute atomic E-state index is 12.1. The zero-order chi connectivity index (χ0) is 13.2. The van der Waals surface area contributed by atoms with Crippen molar-refractivity contribution >= 4 is 35.0 Å². The lowest BCUT2D eigenvalue weighted by Crippen LogP contribution is -2.27. The van der Waals surface area contributed by atoms with Crippen molar-refractivity contribution in [2.75, 3.05) is 10.7 Å². The maximum Gasteiger partial charge on any atom is 0.238 e. The highest BCUT2D eigenvalue weighted by Gasteiger charge is 2.33. The molecule has 1 fully saturated rings. The number of anilines is 1. The van der Waals surface area contributed by atoms with Crippen molar-refractivity contribution in [3.63, 3.8) is 0 Å². The smallest absolute Gasteiger partial charge is 0.238 e. The van der Waals surface area contributed by atoms with Crippen molar-refractivity contribution in [2.24, 2.45) is 0 Å². The maximum atomic E-state index is 12.1. The molecule has 2 aromatic rings. The first-order valence-corrected chi connectivity index (χ1v) is 7.42. The van der Waals surface area contributed by atoms with E-state index < -0.39 is 0 Å². The Balaban J connectivity index is 1.97. The molecule has 0 unspecified atom stereocenters. The predicted molar refractivity (Wildman–Crippen MR) is 80.6 cm³/mol. The largest absolute Gasteiger partial charge is 0.295 e. The van der Waals surface area contributed by atoms with E-state index in [4.69, 9.17) is 11.6 Å². The average molecular weight is 290 g/mol. The summed E-state index contributed by atoms with van der Waals surface area (Å²) in [6.07, 6.45) is 0. The second-order valence-electron chi connectivity index (χ2n) is 4.31. The minimum atomic E-state index is 0.0508. The molecule has 2 nitrogen and oxygen atoms in total. The molecule has 0 aliphatic carbocycles. The van der Waals surface area contributed by atoms with Crippen LogP contribution in [0.4, 0.5) is 5.69 Å². The van der Waals surface area contributed by atoms with Crippen molar-refractivity contribution in [3.05, 3.63) is 65.2 Å². The van der Waals surface area contributed by atoms with Crippen LogP contribution in [0.25, 0.3) is 0 Å². The van der Waals surface area contributed by atoms with Crippen molar-refractivity contribution in [3.8, 4) is 0 Å². The van der Waals surface area contributed by atoms with Gasteiger partial charge in [0.25, 0.3) is 0 Å². The van der Waals surface area contributed by atoms with Crippen molar-refractivity contribution in [2.45, 2.75) is 5.37 Å². The number of hydrogen-bond acceptors (Lipinski definition) is 2.